The van der Waals surface area contributed by atoms with Gasteiger partial charge in [0.1, 0.15) is 0 Å². The van der Waals surface area contributed by atoms with Crippen molar-refractivity contribution in [2.45, 2.75) is 32.2 Å². The monoisotopic (exact) mass is 309 g/mol. The first-order valence-corrected chi connectivity index (χ1v) is 7.98. The molecular weight excluding hydrogens is 282 g/mol. The molecule has 2 aliphatic heterocycles. The van der Waals surface area contributed by atoms with Gasteiger partial charge in [-0.1, -0.05) is 6.42 Å². The Balaban J connectivity index is 0.00000144. The number of fused-ring (bicyclic) bond motifs is 1. The van der Waals surface area contributed by atoms with E-state index in [1.165, 1.54) is 25.5 Å². The summed E-state index contributed by atoms with van der Waals surface area (Å²) in [6.07, 6.45) is 6.20. The highest BCUT2D eigenvalue weighted by Gasteiger charge is 2.20. The number of rotatable bonds is 6. The number of nitrogens with zero attached hydrogens (tertiary/aromatic N) is 2. The van der Waals surface area contributed by atoms with Crippen molar-refractivity contribution in [1.29, 1.82) is 0 Å². The molecule has 0 aliphatic carbocycles. The van der Waals surface area contributed by atoms with Crippen LogP contribution in [0, 0.1) is 5.92 Å². The Hall–Kier alpha value is -1.50. The number of ether oxygens (including phenoxy) is 1. The molecule has 0 saturated carbocycles. The third-order valence-electron chi connectivity index (χ3n) is 4.54. The zero-order valence-corrected chi connectivity index (χ0v) is 12.8. The lowest BCUT2D eigenvalue weighted by molar-refractivity contribution is -0.0366. The maximum absolute atomic E-state index is 11.4. The van der Waals surface area contributed by atoms with Crippen LogP contribution in [0.4, 0.5) is 0 Å². The van der Waals surface area contributed by atoms with Crippen molar-refractivity contribution in [3.05, 3.63) is 29.1 Å². The van der Waals surface area contributed by atoms with Gasteiger partial charge in [0, 0.05) is 28.1 Å². The standard InChI is InChI=1S/C16H23N3O3.2H2/c20-16(18-21)14-7-13-4-6-19(9-15(13)17-8-14)5-2-1-3-12-10-22-11-12;;/h7-8,12,21H,1-6,9-11H2,(H,18,20);2*1H. The van der Waals surface area contributed by atoms with Crippen LogP contribution in [0.1, 0.15) is 43.7 Å². The van der Waals surface area contributed by atoms with Crippen LogP contribution in [0.5, 0.6) is 0 Å². The Bertz CT molecular complexity index is 541. The molecule has 124 valence electrons. The molecule has 2 aliphatic rings. The lowest BCUT2D eigenvalue weighted by atomic mass is 9.99. The molecular formula is C16H27N3O3. The number of hydrogen-bond donors (Lipinski definition) is 2. The summed E-state index contributed by atoms with van der Waals surface area (Å²) in [5.74, 6) is 0.289. The Morgan fingerprint density at radius 3 is 3.09 bits per heavy atom. The number of hydrogen-bond acceptors (Lipinski definition) is 5. The average molecular weight is 309 g/mol. The second kappa shape index (κ2) is 7.17. The zero-order chi connectivity index (χ0) is 15.4. The molecule has 22 heavy (non-hydrogen) atoms. The first-order valence-electron chi connectivity index (χ1n) is 7.98. The molecule has 0 bridgehead atoms. The van der Waals surface area contributed by atoms with Crippen LogP contribution >= 0.6 is 0 Å². The van der Waals surface area contributed by atoms with E-state index < -0.39 is 5.91 Å². The fourth-order valence-electron chi connectivity index (χ4n) is 3.07. The zero-order valence-electron chi connectivity index (χ0n) is 12.8. The van der Waals surface area contributed by atoms with Gasteiger partial charge in [-0.2, -0.15) is 0 Å². The molecule has 0 radical (unpaired) electrons. The number of hydroxylamine groups is 1. The summed E-state index contributed by atoms with van der Waals surface area (Å²) in [4.78, 5) is 18.2. The number of nitrogens with one attached hydrogen (secondary N) is 1. The topological polar surface area (TPSA) is 74.7 Å². The van der Waals surface area contributed by atoms with Gasteiger partial charge in [0.05, 0.1) is 24.5 Å². The van der Waals surface area contributed by atoms with Crippen molar-refractivity contribution in [3.8, 4) is 0 Å². The Kier molecular flexibility index (Phi) is 5.02. The maximum atomic E-state index is 11.4. The van der Waals surface area contributed by atoms with Crippen LogP contribution in [-0.4, -0.2) is 47.3 Å². The lowest BCUT2D eigenvalue weighted by Gasteiger charge is -2.29. The number of carbonyl (C=O) groups excluding carboxylic acids is 1. The molecule has 3 heterocycles. The average Bonchev–Trinajstić information content (AvgIpc) is 2.51. The van der Waals surface area contributed by atoms with Gasteiger partial charge in [0.25, 0.3) is 5.91 Å². The lowest BCUT2D eigenvalue weighted by Crippen LogP contribution is -2.33. The largest absolute Gasteiger partial charge is 0.381 e. The summed E-state index contributed by atoms with van der Waals surface area (Å²) in [5.41, 5.74) is 4.23. The summed E-state index contributed by atoms with van der Waals surface area (Å²) in [5, 5.41) is 8.67. The van der Waals surface area contributed by atoms with Crippen LogP contribution in [0.2, 0.25) is 0 Å². The van der Waals surface area contributed by atoms with Crippen LogP contribution < -0.4 is 5.48 Å². The number of aromatic nitrogens is 1. The number of amides is 1. The van der Waals surface area contributed by atoms with Crippen LogP contribution in [0.15, 0.2) is 12.3 Å². The minimum Gasteiger partial charge on any atom is -0.381 e. The normalized spacial score (nSPS) is 18.6. The summed E-state index contributed by atoms with van der Waals surface area (Å²) in [7, 11) is 0. The first-order chi connectivity index (χ1) is 10.8. The fraction of sp³-hybridized carbons (Fsp3) is 0.625. The van der Waals surface area contributed by atoms with E-state index in [-0.39, 0.29) is 2.85 Å². The van der Waals surface area contributed by atoms with E-state index in [1.807, 2.05) is 6.07 Å². The maximum Gasteiger partial charge on any atom is 0.276 e. The predicted octanol–water partition coefficient (Wildman–Crippen LogP) is 1.87. The predicted molar refractivity (Wildman–Crippen MR) is 84.9 cm³/mol. The molecule has 6 nitrogen and oxygen atoms in total. The highest BCUT2D eigenvalue weighted by Crippen LogP contribution is 2.20. The second-order valence-corrected chi connectivity index (χ2v) is 6.20. The van der Waals surface area contributed by atoms with Gasteiger partial charge in [-0.25, -0.2) is 5.48 Å². The van der Waals surface area contributed by atoms with Gasteiger partial charge in [0.2, 0.25) is 0 Å². The Morgan fingerprint density at radius 2 is 2.36 bits per heavy atom. The second-order valence-electron chi connectivity index (χ2n) is 6.20. The van der Waals surface area contributed by atoms with Crippen molar-refractivity contribution in [2.75, 3.05) is 26.3 Å². The molecule has 0 atom stereocenters. The van der Waals surface area contributed by atoms with E-state index >= 15 is 0 Å². The van der Waals surface area contributed by atoms with Gasteiger partial charge < -0.3 is 4.74 Å². The Labute approximate surface area is 133 Å². The molecule has 0 spiro atoms. The third kappa shape index (κ3) is 3.63. The SMILES string of the molecule is O=C(NO)c1cnc2c(c1)CCN(CCCCC1COC1)C2.[HH].[HH]. The molecule has 2 N–H and O–H groups in total. The van der Waals surface area contributed by atoms with Gasteiger partial charge >= 0.3 is 0 Å². The number of unbranched alkanes of at least 4 members (excludes halogenated alkanes) is 1. The molecule has 1 saturated heterocycles. The van der Waals surface area contributed by atoms with E-state index in [4.69, 9.17) is 9.94 Å². The fourth-order valence-corrected chi connectivity index (χ4v) is 3.07. The van der Waals surface area contributed by atoms with E-state index in [2.05, 4.69) is 9.88 Å². The van der Waals surface area contributed by atoms with Crippen LogP contribution in [-0.2, 0) is 17.7 Å². The molecule has 1 aromatic rings. The first kappa shape index (κ1) is 15.4. The summed E-state index contributed by atoms with van der Waals surface area (Å²) in [6.45, 7) is 4.86. The summed E-state index contributed by atoms with van der Waals surface area (Å²) < 4.78 is 5.19. The summed E-state index contributed by atoms with van der Waals surface area (Å²) in [6, 6.07) is 1.84. The highest BCUT2D eigenvalue weighted by atomic mass is 16.5. The van der Waals surface area contributed by atoms with Crippen molar-refractivity contribution < 1.29 is 17.6 Å². The van der Waals surface area contributed by atoms with Crippen molar-refractivity contribution >= 4 is 5.91 Å². The van der Waals surface area contributed by atoms with Gasteiger partial charge in [-0.05, 0) is 37.4 Å². The summed E-state index contributed by atoms with van der Waals surface area (Å²) >= 11 is 0. The molecule has 6 heteroatoms. The smallest absolute Gasteiger partial charge is 0.276 e. The van der Waals surface area contributed by atoms with Crippen molar-refractivity contribution in [1.82, 2.24) is 15.4 Å². The molecule has 0 aromatic carbocycles. The quantitative estimate of drug-likeness (QED) is 0.477. The molecule has 1 aromatic heterocycles. The molecule has 3 rings (SSSR count). The van der Waals surface area contributed by atoms with E-state index in [1.54, 1.807) is 5.48 Å². The van der Waals surface area contributed by atoms with E-state index in [9.17, 15) is 4.79 Å². The van der Waals surface area contributed by atoms with E-state index in [0.29, 0.717) is 5.56 Å². The molecule has 0 unspecified atom stereocenters. The Morgan fingerprint density at radius 1 is 1.50 bits per heavy atom. The number of carbonyl (C=O) groups is 1. The van der Waals surface area contributed by atoms with Crippen molar-refractivity contribution in [2.24, 2.45) is 5.92 Å². The highest BCUT2D eigenvalue weighted by molar-refractivity contribution is 5.93. The van der Waals surface area contributed by atoms with Crippen LogP contribution in [0.25, 0.3) is 0 Å². The van der Waals surface area contributed by atoms with Crippen molar-refractivity contribution in [3.63, 3.8) is 0 Å². The van der Waals surface area contributed by atoms with Gasteiger partial charge in [-0.3, -0.25) is 19.9 Å². The molecule has 1 amide bonds. The molecule has 1 fully saturated rings. The minimum atomic E-state index is -0.502. The number of pyridine rings is 1. The van der Waals surface area contributed by atoms with Gasteiger partial charge in [-0.15, -0.1) is 0 Å². The third-order valence-corrected chi connectivity index (χ3v) is 4.54. The minimum absolute atomic E-state index is 0. The van der Waals surface area contributed by atoms with E-state index in [0.717, 1.165) is 56.4 Å². The van der Waals surface area contributed by atoms with Gasteiger partial charge in [0.15, 0.2) is 0 Å². The van der Waals surface area contributed by atoms with Crippen LogP contribution in [0.3, 0.4) is 0 Å².